The summed E-state index contributed by atoms with van der Waals surface area (Å²) in [5.41, 5.74) is 1.18. The lowest BCUT2D eigenvalue weighted by Gasteiger charge is -2.03. The van der Waals surface area contributed by atoms with Gasteiger partial charge in [-0.3, -0.25) is 4.79 Å². The van der Waals surface area contributed by atoms with Crippen LogP contribution in [-0.4, -0.2) is 26.2 Å². The number of carbonyl (C=O) groups is 1. The van der Waals surface area contributed by atoms with E-state index in [1.807, 2.05) is 23.6 Å². The van der Waals surface area contributed by atoms with Gasteiger partial charge in [0.05, 0.1) is 11.4 Å². The molecule has 0 aliphatic heterocycles. The second-order valence-corrected chi connectivity index (χ2v) is 6.34. The molecule has 0 bridgehead atoms. The predicted octanol–water partition coefficient (Wildman–Crippen LogP) is 3.09. The fourth-order valence-corrected chi connectivity index (χ4v) is 2.95. The van der Waals surface area contributed by atoms with Crippen LogP contribution in [0.5, 0.6) is 0 Å². The molecular weight excluding hydrogens is 354 g/mol. The molecule has 0 unspecified atom stereocenters. The lowest BCUT2D eigenvalue weighted by molar-refractivity contribution is 0.0949. The van der Waals surface area contributed by atoms with Crippen LogP contribution in [0.4, 0.5) is 0 Å². The van der Waals surface area contributed by atoms with Crippen LogP contribution in [0.15, 0.2) is 50.8 Å². The number of amides is 1. The molecule has 8 nitrogen and oxygen atoms in total. The Kier molecular flexibility index (Phi) is 4.28. The van der Waals surface area contributed by atoms with Crippen molar-refractivity contribution in [1.29, 1.82) is 0 Å². The van der Waals surface area contributed by atoms with E-state index in [0.29, 0.717) is 34.6 Å². The highest BCUT2D eigenvalue weighted by Gasteiger charge is 2.13. The summed E-state index contributed by atoms with van der Waals surface area (Å²) in [6, 6.07) is 10.8. The van der Waals surface area contributed by atoms with Gasteiger partial charge in [-0.15, -0.1) is 11.3 Å². The van der Waals surface area contributed by atoms with E-state index in [2.05, 4.69) is 25.6 Å². The van der Waals surface area contributed by atoms with E-state index in [0.717, 1.165) is 4.88 Å². The van der Waals surface area contributed by atoms with Gasteiger partial charge in [0.15, 0.2) is 5.82 Å². The van der Waals surface area contributed by atoms with Crippen LogP contribution < -0.4 is 5.32 Å². The van der Waals surface area contributed by atoms with Crippen LogP contribution in [-0.2, 0) is 6.54 Å². The van der Waals surface area contributed by atoms with Crippen LogP contribution in [0.25, 0.3) is 22.2 Å². The molecule has 4 rings (SSSR count). The monoisotopic (exact) mass is 367 g/mol. The molecule has 0 saturated carbocycles. The Labute approximate surface area is 151 Å². The van der Waals surface area contributed by atoms with E-state index >= 15 is 0 Å². The lowest BCUT2D eigenvalue weighted by Crippen LogP contribution is -2.23. The molecule has 1 N–H and O–H groups in total. The Balaban J connectivity index is 1.44. The van der Waals surface area contributed by atoms with Gasteiger partial charge in [0, 0.05) is 18.1 Å². The summed E-state index contributed by atoms with van der Waals surface area (Å²) in [4.78, 5) is 21.7. The fraction of sp³-hybridized carbons (Fsp3) is 0.118. The van der Waals surface area contributed by atoms with Crippen LogP contribution in [0.2, 0.25) is 0 Å². The quantitative estimate of drug-likeness (QED) is 0.577. The molecule has 0 atom stereocenters. The molecule has 1 aromatic carbocycles. The maximum Gasteiger partial charge on any atom is 0.268 e. The number of thiophene rings is 1. The molecule has 0 fully saturated rings. The average molecular weight is 367 g/mol. The second-order valence-electron chi connectivity index (χ2n) is 5.39. The minimum atomic E-state index is -0.255. The Morgan fingerprint density at radius 1 is 1.15 bits per heavy atom. The van der Waals surface area contributed by atoms with Gasteiger partial charge >= 0.3 is 0 Å². The van der Waals surface area contributed by atoms with Crippen LogP contribution in [0.1, 0.15) is 22.1 Å². The summed E-state index contributed by atoms with van der Waals surface area (Å²) in [5, 5.41) is 12.4. The maximum atomic E-state index is 12.4. The van der Waals surface area contributed by atoms with E-state index in [4.69, 9.17) is 9.05 Å². The number of rotatable bonds is 5. The normalized spacial score (nSPS) is 10.8. The second kappa shape index (κ2) is 6.89. The van der Waals surface area contributed by atoms with Crippen molar-refractivity contribution in [3.63, 3.8) is 0 Å². The standard InChI is InChI=1S/C17H13N5O3S/c1-10-19-15(22-24-10)11-4-2-5-12(8-11)16(23)18-9-14-20-17(25-21-14)13-6-3-7-26-13/h2-8H,9H2,1H3,(H,18,23). The lowest BCUT2D eigenvalue weighted by atomic mass is 10.1. The molecule has 3 heterocycles. The number of hydrogen-bond donors (Lipinski definition) is 1. The third-order valence-electron chi connectivity index (χ3n) is 3.52. The van der Waals surface area contributed by atoms with E-state index in [1.54, 1.807) is 25.1 Å². The van der Waals surface area contributed by atoms with Crippen molar-refractivity contribution >= 4 is 17.2 Å². The summed E-state index contributed by atoms with van der Waals surface area (Å²) >= 11 is 1.51. The van der Waals surface area contributed by atoms with Gasteiger partial charge in [0.1, 0.15) is 0 Å². The third kappa shape index (κ3) is 3.38. The van der Waals surface area contributed by atoms with E-state index in [1.165, 1.54) is 11.3 Å². The zero-order valence-electron chi connectivity index (χ0n) is 13.7. The molecule has 0 saturated heterocycles. The van der Waals surface area contributed by atoms with Gasteiger partial charge in [-0.25, -0.2) is 0 Å². The molecular formula is C17H13N5O3S. The topological polar surface area (TPSA) is 107 Å². The molecule has 0 radical (unpaired) electrons. The summed E-state index contributed by atoms with van der Waals surface area (Å²) < 4.78 is 10.2. The van der Waals surface area contributed by atoms with Gasteiger partial charge in [0.25, 0.3) is 11.8 Å². The Bertz CT molecular complexity index is 1040. The van der Waals surface area contributed by atoms with Crippen molar-refractivity contribution in [2.45, 2.75) is 13.5 Å². The number of hydrogen-bond acceptors (Lipinski definition) is 8. The van der Waals surface area contributed by atoms with Crippen molar-refractivity contribution in [1.82, 2.24) is 25.6 Å². The molecule has 130 valence electrons. The zero-order chi connectivity index (χ0) is 17.9. The highest BCUT2D eigenvalue weighted by atomic mass is 32.1. The smallest absolute Gasteiger partial charge is 0.268 e. The number of nitrogens with one attached hydrogen (secondary N) is 1. The summed E-state index contributed by atoms with van der Waals surface area (Å²) in [7, 11) is 0. The SMILES string of the molecule is Cc1nc(-c2cccc(C(=O)NCc3noc(-c4cccs4)n3)c2)no1. The Hall–Kier alpha value is -3.33. The Morgan fingerprint density at radius 3 is 2.85 bits per heavy atom. The molecule has 1 amide bonds. The van der Waals surface area contributed by atoms with Crippen molar-refractivity contribution < 1.29 is 13.8 Å². The van der Waals surface area contributed by atoms with E-state index in [9.17, 15) is 4.79 Å². The van der Waals surface area contributed by atoms with E-state index < -0.39 is 0 Å². The predicted molar refractivity (Wildman–Crippen MR) is 93.3 cm³/mol. The molecule has 3 aromatic heterocycles. The number of nitrogens with zero attached hydrogens (tertiary/aromatic N) is 4. The Morgan fingerprint density at radius 2 is 2.08 bits per heavy atom. The summed E-state index contributed by atoms with van der Waals surface area (Å²) in [5.74, 6) is 1.50. The number of carbonyl (C=O) groups excluding carboxylic acids is 1. The average Bonchev–Trinajstić information content (AvgIpc) is 3.40. The first kappa shape index (κ1) is 16.2. The van der Waals surface area contributed by atoms with Crippen molar-refractivity contribution in [3.8, 4) is 22.2 Å². The van der Waals surface area contributed by atoms with Crippen LogP contribution in [0.3, 0.4) is 0 Å². The maximum absolute atomic E-state index is 12.4. The minimum Gasteiger partial charge on any atom is -0.345 e. The van der Waals surface area contributed by atoms with Gasteiger partial charge in [0.2, 0.25) is 11.7 Å². The number of aryl methyl sites for hydroxylation is 1. The molecule has 4 aromatic rings. The molecule has 0 aliphatic rings. The van der Waals surface area contributed by atoms with Gasteiger partial charge in [-0.1, -0.05) is 28.5 Å². The fourth-order valence-electron chi connectivity index (χ4n) is 2.30. The van der Waals surface area contributed by atoms with Crippen LogP contribution >= 0.6 is 11.3 Å². The van der Waals surface area contributed by atoms with Crippen molar-refractivity contribution in [2.75, 3.05) is 0 Å². The zero-order valence-corrected chi connectivity index (χ0v) is 14.5. The first-order valence-electron chi connectivity index (χ1n) is 7.74. The van der Waals surface area contributed by atoms with Crippen LogP contribution in [0, 0.1) is 6.92 Å². The number of aromatic nitrogens is 4. The highest BCUT2D eigenvalue weighted by molar-refractivity contribution is 7.13. The summed E-state index contributed by atoms with van der Waals surface area (Å²) in [6.07, 6.45) is 0. The molecule has 26 heavy (non-hydrogen) atoms. The molecule has 0 spiro atoms. The first-order chi connectivity index (χ1) is 12.7. The molecule has 0 aliphatic carbocycles. The minimum absolute atomic E-state index is 0.166. The third-order valence-corrected chi connectivity index (χ3v) is 4.38. The van der Waals surface area contributed by atoms with Gasteiger partial charge < -0.3 is 14.4 Å². The number of benzene rings is 1. The molecule has 9 heteroatoms. The van der Waals surface area contributed by atoms with E-state index in [-0.39, 0.29) is 12.5 Å². The highest BCUT2D eigenvalue weighted by Crippen LogP contribution is 2.22. The largest absolute Gasteiger partial charge is 0.345 e. The van der Waals surface area contributed by atoms with Gasteiger partial charge in [-0.2, -0.15) is 9.97 Å². The first-order valence-corrected chi connectivity index (χ1v) is 8.62. The summed E-state index contributed by atoms with van der Waals surface area (Å²) in [6.45, 7) is 1.88. The van der Waals surface area contributed by atoms with Crippen molar-refractivity contribution in [2.24, 2.45) is 0 Å². The van der Waals surface area contributed by atoms with Gasteiger partial charge in [-0.05, 0) is 23.6 Å². The van der Waals surface area contributed by atoms with Crippen molar-refractivity contribution in [3.05, 3.63) is 59.1 Å².